The highest BCUT2D eigenvalue weighted by Crippen LogP contribution is 2.22. The number of hydrogen-bond donors (Lipinski definition) is 0. The largest absolute Gasteiger partial charge is 0.482 e. The second-order valence-corrected chi connectivity index (χ2v) is 5.58. The van der Waals surface area contributed by atoms with Crippen molar-refractivity contribution in [3.8, 4) is 5.75 Å². The second-order valence-electron chi connectivity index (χ2n) is 5.58. The number of carbonyl (C=O) groups is 2. The summed E-state index contributed by atoms with van der Waals surface area (Å²) in [5.74, 6) is -0.698. The van der Waals surface area contributed by atoms with Crippen molar-refractivity contribution >= 4 is 29.6 Å². The number of methoxy groups -OCH3 is 1. The van der Waals surface area contributed by atoms with Gasteiger partial charge in [-0.05, 0) is 29.8 Å². The van der Waals surface area contributed by atoms with Crippen LogP contribution in [0.25, 0.3) is 6.08 Å². The minimum atomic E-state index is -0.660. The van der Waals surface area contributed by atoms with E-state index in [0.717, 1.165) is 0 Å². The summed E-state index contributed by atoms with van der Waals surface area (Å²) in [6, 6.07) is 12.3. The fourth-order valence-electron chi connectivity index (χ4n) is 2.30. The van der Waals surface area contributed by atoms with Crippen LogP contribution in [0.5, 0.6) is 5.75 Å². The summed E-state index contributed by atoms with van der Waals surface area (Å²) in [6.07, 6.45) is 1.51. The number of hydrogen-bond acceptors (Lipinski definition) is 8. The van der Waals surface area contributed by atoms with Gasteiger partial charge in [0.05, 0.1) is 12.0 Å². The van der Waals surface area contributed by atoms with E-state index >= 15 is 0 Å². The molecule has 28 heavy (non-hydrogen) atoms. The number of rotatable bonds is 6. The summed E-state index contributed by atoms with van der Waals surface area (Å²) in [6.45, 7) is -0.208. The predicted octanol–water partition coefficient (Wildman–Crippen LogP) is 2.49. The lowest BCUT2D eigenvalue weighted by molar-refractivity contribution is -0.384. The molecule has 0 spiro atoms. The van der Waals surface area contributed by atoms with Gasteiger partial charge >= 0.3 is 11.9 Å². The van der Waals surface area contributed by atoms with Crippen molar-refractivity contribution in [2.75, 3.05) is 13.7 Å². The zero-order chi connectivity index (χ0) is 20.1. The molecule has 0 aliphatic carbocycles. The number of esters is 2. The number of non-ortho nitro benzene ring substituents is 1. The van der Waals surface area contributed by atoms with Crippen molar-refractivity contribution in [3.63, 3.8) is 0 Å². The average molecular weight is 382 g/mol. The summed E-state index contributed by atoms with van der Waals surface area (Å²) in [5, 5.41) is 10.9. The minimum Gasteiger partial charge on any atom is -0.482 e. The summed E-state index contributed by atoms with van der Waals surface area (Å²) >= 11 is 0. The SMILES string of the molecule is COC(=O)COc1ccc(/C=C2\N=C(c3cccc([N+](=O)[O-])c3)OC2=O)cc1. The Morgan fingerprint density at radius 1 is 1.25 bits per heavy atom. The zero-order valence-corrected chi connectivity index (χ0v) is 14.7. The van der Waals surface area contributed by atoms with E-state index in [4.69, 9.17) is 9.47 Å². The van der Waals surface area contributed by atoms with E-state index in [9.17, 15) is 19.7 Å². The number of nitrogens with zero attached hydrogens (tertiary/aromatic N) is 2. The van der Waals surface area contributed by atoms with Crippen molar-refractivity contribution in [2.24, 2.45) is 4.99 Å². The van der Waals surface area contributed by atoms with E-state index in [1.807, 2.05) is 0 Å². The monoisotopic (exact) mass is 382 g/mol. The Kier molecular flexibility index (Phi) is 5.45. The number of carbonyl (C=O) groups excluding carboxylic acids is 2. The first kappa shape index (κ1) is 18.8. The molecule has 0 unspecified atom stereocenters. The van der Waals surface area contributed by atoms with Crippen LogP contribution in [0.3, 0.4) is 0 Å². The fraction of sp³-hybridized carbons (Fsp3) is 0.105. The third-order valence-corrected chi connectivity index (χ3v) is 3.69. The van der Waals surface area contributed by atoms with Crippen LogP contribution in [0.15, 0.2) is 59.2 Å². The van der Waals surface area contributed by atoms with Crippen LogP contribution in [0, 0.1) is 10.1 Å². The number of benzene rings is 2. The van der Waals surface area contributed by atoms with E-state index in [1.165, 1.54) is 31.4 Å². The van der Waals surface area contributed by atoms with Crippen LogP contribution < -0.4 is 4.74 Å². The van der Waals surface area contributed by atoms with Gasteiger partial charge in [0.25, 0.3) is 5.69 Å². The van der Waals surface area contributed by atoms with Gasteiger partial charge in [0, 0.05) is 17.7 Å². The minimum absolute atomic E-state index is 0.00187. The Balaban J connectivity index is 1.77. The van der Waals surface area contributed by atoms with Gasteiger partial charge in [-0.1, -0.05) is 18.2 Å². The Bertz CT molecular complexity index is 994. The standard InChI is InChI=1S/C19H14N2O7/c1-26-17(22)11-27-15-7-5-12(6-8-15)9-16-19(23)28-18(20-16)13-3-2-4-14(10-13)21(24)25/h2-10H,11H2,1H3/b16-9-. The van der Waals surface area contributed by atoms with Crippen molar-refractivity contribution in [1.82, 2.24) is 0 Å². The van der Waals surface area contributed by atoms with Crippen LogP contribution in [0.1, 0.15) is 11.1 Å². The Hall–Kier alpha value is -4.01. The molecule has 2 aromatic rings. The van der Waals surface area contributed by atoms with Gasteiger partial charge in [0.2, 0.25) is 5.90 Å². The molecule has 1 aliphatic rings. The first-order chi connectivity index (χ1) is 13.5. The molecular weight excluding hydrogens is 368 g/mol. The molecule has 0 fully saturated rings. The van der Waals surface area contributed by atoms with Gasteiger partial charge in [-0.25, -0.2) is 14.6 Å². The molecule has 1 heterocycles. The highest BCUT2D eigenvalue weighted by Gasteiger charge is 2.25. The Labute approximate surface area is 159 Å². The van der Waals surface area contributed by atoms with Crippen LogP contribution in [0.4, 0.5) is 5.69 Å². The molecule has 9 nitrogen and oxygen atoms in total. The average Bonchev–Trinajstić information content (AvgIpc) is 3.07. The van der Waals surface area contributed by atoms with Crippen molar-refractivity contribution in [3.05, 3.63) is 75.5 Å². The quantitative estimate of drug-likeness (QED) is 0.326. The predicted molar refractivity (Wildman–Crippen MR) is 97.7 cm³/mol. The molecule has 1 aliphatic heterocycles. The van der Waals surface area contributed by atoms with Crippen LogP contribution in [-0.2, 0) is 19.1 Å². The van der Waals surface area contributed by atoms with Gasteiger partial charge in [-0.2, -0.15) is 0 Å². The van der Waals surface area contributed by atoms with Gasteiger partial charge in [-0.3, -0.25) is 10.1 Å². The van der Waals surface area contributed by atoms with Gasteiger partial charge in [0.15, 0.2) is 12.3 Å². The van der Waals surface area contributed by atoms with Crippen molar-refractivity contribution in [2.45, 2.75) is 0 Å². The maximum atomic E-state index is 12.0. The Morgan fingerprint density at radius 3 is 2.68 bits per heavy atom. The van der Waals surface area contributed by atoms with Crippen LogP contribution >= 0.6 is 0 Å². The smallest absolute Gasteiger partial charge is 0.363 e. The molecule has 0 radical (unpaired) electrons. The lowest BCUT2D eigenvalue weighted by atomic mass is 10.2. The third kappa shape index (κ3) is 4.39. The molecule has 2 aromatic carbocycles. The highest BCUT2D eigenvalue weighted by molar-refractivity contribution is 6.13. The number of ether oxygens (including phenoxy) is 3. The summed E-state index contributed by atoms with van der Waals surface area (Å²) in [7, 11) is 1.27. The lowest BCUT2D eigenvalue weighted by Gasteiger charge is -2.04. The van der Waals surface area contributed by atoms with Crippen molar-refractivity contribution in [1.29, 1.82) is 0 Å². The van der Waals surface area contributed by atoms with Gasteiger partial charge in [0.1, 0.15) is 5.75 Å². The molecule has 3 rings (SSSR count). The number of nitro benzene ring substituents is 1. The van der Waals surface area contributed by atoms with Crippen LogP contribution in [-0.4, -0.2) is 36.5 Å². The molecule has 0 amide bonds. The van der Waals surface area contributed by atoms with E-state index in [1.54, 1.807) is 30.3 Å². The first-order valence-electron chi connectivity index (χ1n) is 8.03. The van der Waals surface area contributed by atoms with E-state index in [0.29, 0.717) is 16.9 Å². The second kappa shape index (κ2) is 8.12. The fourth-order valence-corrected chi connectivity index (χ4v) is 2.30. The molecule has 9 heteroatoms. The molecule has 0 bridgehead atoms. The van der Waals surface area contributed by atoms with Crippen LogP contribution in [0.2, 0.25) is 0 Å². The molecule has 0 atom stereocenters. The summed E-state index contributed by atoms with van der Waals surface area (Å²) in [5.41, 5.74) is 0.917. The third-order valence-electron chi connectivity index (χ3n) is 3.69. The maximum absolute atomic E-state index is 12.0. The van der Waals surface area contributed by atoms with E-state index in [2.05, 4.69) is 9.73 Å². The zero-order valence-electron chi connectivity index (χ0n) is 14.7. The van der Waals surface area contributed by atoms with E-state index < -0.39 is 16.9 Å². The van der Waals surface area contributed by atoms with Crippen molar-refractivity contribution < 1.29 is 28.7 Å². The Morgan fingerprint density at radius 2 is 2.00 bits per heavy atom. The molecule has 0 saturated heterocycles. The van der Waals surface area contributed by atoms with Gasteiger partial charge < -0.3 is 14.2 Å². The first-order valence-corrected chi connectivity index (χ1v) is 8.03. The summed E-state index contributed by atoms with van der Waals surface area (Å²) in [4.78, 5) is 37.6. The topological polar surface area (TPSA) is 117 Å². The number of cyclic esters (lactones) is 1. The number of aliphatic imine (C=N–C) groups is 1. The molecule has 0 aromatic heterocycles. The molecular formula is C19H14N2O7. The number of nitro groups is 1. The highest BCUT2D eigenvalue weighted by atomic mass is 16.6. The van der Waals surface area contributed by atoms with E-state index in [-0.39, 0.29) is 23.9 Å². The molecule has 0 saturated carbocycles. The lowest BCUT2D eigenvalue weighted by Crippen LogP contribution is -2.12. The normalized spacial score (nSPS) is 14.4. The maximum Gasteiger partial charge on any atom is 0.363 e. The molecule has 0 N–H and O–H groups in total. The summed E-state index contributed by atoms with van der Waals surface area (Å²) < 4.78 is 14.8. The molecule has 142 valence electrons. The van der Waals surface area contributed by atoms with Gasteiger partial charge in [-0.15, -0.1) is 0 Å².